The Balaban J connectivity index is 1.59. The van der Waals surface area contributed by atoms with Gasteiger partial charge >= 0.3 is 0 Å². The molecule has 1 heterocycles. The van der Waals surface area contributed by atoms with E-state index in [0.29, 0.717) is 6.42 Å². The average Bonchev–Trinajstić information content (AvgIpc) is 3.09. The zero-order chi connectivity index (χ0) is 15.9. The van der Waals surface area contributed by atoms with Crippen LogP contribution in [0.15, 0.2) is 64.4 Å². The summed E-state index contributed by atoms with van der Waals surface area (Å²) in [6, 6.07) is 18.1. The largest absolute Gasteiger partial charge is 0.378 e. The minimum atomic E-state index is 0.0570. The quantitative estimate of drug-likeness (QED) is 0.833. The van der Waals surface area contributed by atoms with Gasteiger partial charge in [-0.05, 0) is 43.5 Å². The van der Waals surface area contributed by atoms with Gasteiger partial charge in [0.1, 0.15) is 0 Å². The van der Waals surface area contributed by atoms with Crippen molar-refractivity contribution in [3.8, 4) is 0 Å². The third-order valence-corrected chi connectivity index (χ3v) is 4.93. The van der Waals surface area contributed by atoms with Crippen molar-refractivity contribution in [1.29, 1.82) is 0 Å². The topological polar surface area (TPSA) is 38.3 Å². The van der Waals surface area contributed by atoms with E-state index in [1.807, 2.05) is 42.5 Å². The molecule has 1 N–H and O–H groups in total. The lowest BCUT2D eigenvalue weighted by atomic mass is 10.1. The Morgan fingerprint density at radius 3 is 2.70 bits per heavy atom. The summed E-state index contributed by atoms with van der Waals surface area (Å²) in [4.78, 5) is 14.4. The summed E-state index contributed by atoms with van der Waals surface area (Å²) >= 11 is 1.66. The van der Waals surface area contributed by atoms with Crippen molar-refractivity contribution >= 4 is 23.4 Å². The number of hydrogen-bond acceptors (Lipinski definition) is 3. The monoisotopic (exact) mass is 327 g/mol. The number of benzene rings is 2. The van der Waals surface area contributed by atoms with Crippen LogP contribution < -0.4 is 5.32 Å². The molecule has 120 valence electrons. The molecule has 1 aliphatic rings. The van der Waals surface area contributed by atoms with E-state index in [9.17, 15) is 4.79 Å². The molecule has 1 fully saturated rings. The fourth-order valence-corrected chi connectivity index (χ4v) is 3.57. The second kappa shape index (κ2) is 8.18. The van der Waals surface area contributed by atoms with E-state index in [2.05, 4.69) is 17.4 Å². The summed E-state index contributed by atoms with van der Waals surface area (Å²) in [6.45, 7) is 0.836. The molecule has 1 unspecified atom stereocenters. The van der Waals surface area contributed by atoms with Gasteiger partial charge in [-0.1, -0.05) is 42.1 Å². The molecule has 3 nitrogen and oxygen atoms in total. The van der Waals surface area contributed by atoms with Crippen molar-refractivity contribution in [2.75, 3.05) is 11.9 Å². The Kier molecular flexibility index (Phi) is 5.72. The van der Waals surface area contributed by atoms with E-state index >= 15 is 0 Å². The van der Waals surface area contributed by atoms with Crippen LogP contribution in [0.25, 0.3) is 0 Å². The number of carbonyl (C=O) groups is 1. The summed E-state index contributed by atoms with van der Waals surface area (Å²) in [5.41, 5.74) is 0.874. The Morgan fingerprint density at radius 2 is 1.91 bits per heavy atom. The third kappa shape index (κ3) is 4.85. The van der Waals surface area contributed by atoms with Crippen LogP contribution in [0, 0.1) is 0 Å². The Bertz CT molecular complexity index is 639. The maximum atomic E-state index is 12.2. The first-order chi connectivity index (χ1) is 11.3. The van der Waals surface area contributed by atoms with Crippen LogP contribution in [-0.4, -0.2) is 18.6 Å². The van der Waals surface area contributed by atoms with Gasteiger partial charge in [-0.15, -0.1) is 0 Å². The number of carbonyl (C=O) groups excluding carboxylic acids is 1. The summed E-state index contributed by atoms with van der Waals surface area (Å²) in [6.07, 6.45) is 3.76. The first-order valence-corrected chi connectivity index (χ1v) is 8.86. The predicted octanol–water partition coefficient (Wildman–Crippen LogP) is 4.74. The van der Waals surface area contributed by atoms with Gasteiger partial charge in [-0.25, -0.2) is 0 Å². The lowest BCUT2D eigenvalue weighted by molar-refractivity contribution is -0.116. The van der Waals surface area contributed by atoms with Crippen molar-refractivity contribution in [2.24, 2.45) is 0 Å². The SMILES string of the molecule is O=C(CCC1CCCO1)Nc1ccccc1Sc1ccccc1. The third-order valence-electron chi connectivity index (χ3n) is 3.85. The Labute approximate surface area is 141 Å². The molecule has 2 aromatic carbocycles. The van der Waals surface area contributed by atoms with Crippen LogP contribution in [-0.2, 0) is 9.53 Å². The molecule has 1 aliphatic heterocycles. The smallest absolute Gasteiger partial charge is 0.224 e. The normalized spacial score (nSPS) is 17.1. The van der Waals surface area contributed by atoms with Gasteiger partial charge < -0.3 is 10.1 Å². The van der Waals surface area contributed by atoms with Crippen LogP contribution in [0.4, 0.5) is 5.69 Å². The van der Waals surface area contributed by atoms with Gasteiger partial charge in [0.25, 0.3) is 0 Å². The van der Waals surface area contributed by atoms with Crippen molar-refractivity contribution in [2.45, 2.75) is 41.6 Å². The molecule has 0 bridgehead atoms. The molecular weight excluding hydrogens is 306 g/mol. The van der Waals surface area contributed by atoms with E-state index in [1.54, 1.807) is 11.8 Å². The molecule has 4 heteroatoms. The summed E-state index contributed by atoms with van der Waals surface area (Å²) in [5, 5.41) is 3.04. The average molecular weight is 327 g/mol. The summed E-state index contributed by atoms with van der Waals surface area (Å²) in [5.74, 6) is 0.0570. The van der Waals surface area contributed by atoms with Crippen LogP contribution in [0.2, 0.25) is 0 Å². The number of hydrogen-bond donors (Lipinski definition) is 1. The Hall–Kier alpha value is -1.78. The zero-order valence-electron chi connectivity index (χ0n) is 13.0. The molecule has 0 aliphatic carbocycles. The number of amides is 1. The molecule has 1 amide bonds. The highest BCUT2D eigenvalue weighted by molar-refractivity contribution is 7.99. The fraction of sp³-hybridized carbons (Fsp3) is 0.316. The van der Waals surface area contributed by atoms with Gasteiger partial charge in [0.15, 0.2) is 0 Å². The standard InChI is InChI=1S/C19H21NO2S/c21-19(13-12-15-7-6-14-22-15)20-17-10-4-5-11-18(17)23-16-8-2-1-3-9-16/h1-5,8-11,15H,6-7,12-14H2,(H,20,21). The maximum absolute atomic E-state index is 12.2. The van der Waals surface area contributed by atoms with E-state index in [1.165, 1.54) is 0 Å². The number of para-hydroxylation sites is 1. The lowest BCUT2D eigenvalue weighted by Gasteiger charge is -2.12. The van der Waals surface area contributed by atoms with Crippen LogP contribution in [0.1, 0.15) is 25.7 Å². The van der Waals surface area contributed by atoms with Gasteiger partial charge in [-0.3, -0.25) is 4.79 Å². The molecule has 0 aromatic heterocycles. The maximum Gasteiger partial charge on any atom is 0.224 e. The van der Waals surface area contributed by atoms with Crippen molar-refractivity contribution in [3.63, 3.8) is 0 Å². The number of anilines is 1. The molecule has 3 rings (SSSR count). The second-order valence-corrected chi connectivity index (χ2v) is 6.75. The summed E-state index contributed by atoms with van der Waals surface area (Å²) < 4.78 is 5.57. The number of rotatable bonds is 6. The first-order valence-electron chi connectivity index (χ1n) is 8.04. The fourth-order valence-electron chi connectivity index (χ4n) is 2.65. The van der Waals surface area contributed by atoms with Crippen molar-refractivity contribution < 1.29 is 9.53 Å². The molecule has 1 saturated heterocycles. The minimum absolute atomic E-state index is 0.0570. The second-order valence-electron chi connectivity index (χ2n) is 5.63. The molecule has 0 saturated carbocycles. The van der Waals surface area contributed by atoms with Gasteiger partial charge in [0.05, 0.1) is 11.8 Å². The Morgan fingerprint density at radius 1 is 1.13 bits per heavy atom. The highest BCUT2D eigenvalue weighted by Gasteiger charge is 2.17. The molecule has 2 aromatic rings. The molecule has 1 atom stereocenters. The van der Waals surface area contributed by atoms with Crippen LogP contribution in [0.3, 0.4) is 0 Å². The van der Waals surface area contributed by atoms with Gasteiger partial charge in [-0.2, -0.15) is 0 Å². The van der Waals surface area contributed by atoms with E-state index < -0.39 is 0 Å². The lowest BCUT2D eigenvalue weighted by Crippen LogP contribution is -2.15. The first kappa shape index (κ1) is 16.1. The molecule has 23 heavy (non-hydrogen) atoms. The van der Waals surface area contributed by atoms with Crippen LogP contribution in [0.5, 0.6) is 0 Å². The highest BCUT2D eigenvalue weighted by Crippen LogP contribution is 2.33. The van der Waals surface area contributed by atoms with E-state index in [-0.39, 0.29) is 12.0 Å². The van der Waals surface area contributed by atoms with Crippen molar-refractivity contribution in [3.05, 3.63) is 54.6 Å². The van der Waals surface area contributed by atoms with Crippen LogP contribution >= 0.6 is 11.8 Å². The van der Waals surface area contributed by atoms with Crippen molar-refractivity contribution in [1.82, 2.24) is 0 Å². The molecule has 0 radical (unpaired) electrons. The number of nitrogens with one attached hydrogen (secondary N) is 1. The zero-order valence-corrected chi connectivity index (χ0v) is 13.9. The van der Waals surface area contributed by atoms with E-state index in [0.717, 1.165) is 41.3 Å². The highest BCUT2D eigenvalue weighted by atomic mass is 32.2. The summed E-state index contributed by atoms with van der Waals surface area (Å²) in [7, 11) is 0. The minimum Gasteiger partial charge on any atom is -0.378 e. The van der Waals surface area contributed by atoms with Gasteiger partial charge in [0, 0.05) is 22.8 Å². The van der Waals surface area contributed by atoms with Gasteiger partial charge in [0.2, 0.25) is 5.91 Å². The van der Waals surface area contributed by atoms with E-state index in [4.69, 9.17) is 4.74 Å². The molecule has 0 spiro atoms. The number of ether oxygens (including phenoxy) is 1. The molecular formula is C19H21NO2S. The predicted molar refractivity (Wildman–Crippen MR) is 93.8 cm³/mol.